The molecule has 6 heteroatoms. The number of nitrogens with one attached hydrogen (secondary N) is 2. The number of esters is 2. The van der Waals surface area contributed by atoms with E-state index in [4.69, 9.17) is 9.47 Å². The van der Waals surface area contributed by atoms with Gasteiger partial charge < -0.3 is 20.1 Å². The molecule has 6 nitrogen and oxygen atoms in total. The zero-order valence-electron chi connectivity index (χ0n) is 19.0. The van der Waals surface area contributed by atoms with Crippen LogP contribution in [-0.2, 0) is 19.1 Å². The molecular formula is C26H34N2O4. The van der Waals surface area contributed by atoms with Gasteiger partial charge in [0.15, 0.2) is 0 Å². The molecule has 32 heavy (non-hydrogen) atoms. The third-order valence-corrected chi connectivity index (χ3v) is 6.23. The Labute approximate surface area is 190 Å². The van der Waals surface area contributed by atoms with E-state index in [9.17, 15) is 9.59 Å². The van der Waals surface area contributed by atoms with E-state index in [1.165, 1.54) is 14.2 Å². The fourth-order valence-corrected chi connectivity index (χ4v) is 4.63. The van der Waals surface area contributed by atoms with Gasteiger partial charge in [0.25, 0.3) is 0 Å². The summed E-state index contributed by atoms with van der Waals surface area (Å²) in [5.41, 5.74) is 2.07. The maximum atomic E-state index is 11.8. The lowest BCUT2D eigenvalue weighted by atomic mass is 9.90. The molecule has 0 aromatic heterocycles. The second-order valence-electron chi connectivity index (χ2n) is 8.23. The Kier molecular flexibility index (Phi) is 9.26. The normalized spacial score (nSPS) is 21.7. The molecule has 2 aromatic carbocycles. The van der Waals surface area contributed by atoms with E-state index in [1.54, 1.807) is 0 Å². The van der Waals surface area contributed by atoms with E-state index in [-0.39, 0.29) is 35.9 Å². The van der Waals surface area contributed by atoms with Crippen LogP contribution in [-0.4, -0.2) is 51.3 Å². The SMILES string of the molecule is COC(=O)[C@@H](c1ccccc1)[C@@H]1CCCN1.COC(=O)[C@@H](c1ccccc1)[C@H]1CCCN1. The number of hydrogen-bond acceptors (Lipinski definition) is 6. The van der Waals surface area contributed by atoms with E-state index >= 15 is 0 Å². The molecule has 0 spiro atoms. The highest BCUT2D eigenvalue weighted by Gasteiger charge is 2.33. The quantitative estimate of drug-likeness (QED) is 0.674. The predicted molar refractivity (Wildman–Crippen MR) is 124 cm³/mol. The van der Waals surface area contributed by atoms with Crippen LogP contribution in [0.3, 0.4) is 0 Å². The maximum Gasteiger partial charge on any atom is 0.314 e. The lowest BCUT2D eigenvalue weighted by Crippen LogP contribution is -2.34. The standard InChI is InChI=1S/2C13H17NO2/c2*1-16-13(15)12(11-8-5-9-14-11)10-6-3-2-4-7-10/h2*2-4,6-7,11-12,14H,5,8-9H2,1H3/t11-,12+;11-,12-/m10/s1. The van der Waals surface area contributed by atoms with Crippen molar-refractivity contribution in [3.8, 4) is 0 Å². The fraction of sp³-hybridized carbons (Fsp3) is 0.462. The van der Waals surface area contributed by atoms with Crippen molar-refractivity contribution in [3.63, 3.8) is 0 Å². The molecular weight excluding hydrogens is 404 g/mol. The van der Waals surface area contributed by atoms with Gasteiger partial charge in [-0.15, -0.1) is 0 Å². The number of hydrogen-bond donors (Lipinski definition) is 2. The summed E-state index contributed by atoms with van der Waals surface area (Å²) in [6.07, 6.45) is 4.33. The second kappa shape index (κ2) is 12.4. The number of rotatable bonds is 6. The van der Waals surface area contributed by atoms with Crippen molar-refractivity contribution in [2.24, 2.45) is 0 Å². The highest BCUT2D eigenvalue weighted by molar-refractivity contribution is 5.79. The Bertz CT molecular complexity index is 760. The summed E-state index contributed by atoms with van der Waals surface area (Å²) in [7, 11) is 2.90. The van der Waals surface area contributed by atoms with Crippen molar-refractivity contribution in [2.45, 2.75) is 49.6 Å². The molecule has 0 aliphatic carbocycles. The molecule has 2 N–H and O–H groups in total. The number of methoxy groups -OCH3 is 2. The molecule has 2 fully saturated rings. The lowest BCUT2D eigenvalue weighted by Gasteiger charge is -2.21. The molecule has 0 amide bonds. The molecule has 2 aliphatic heterocycles. The van der Waals surface area contributed by atoms with Crippen LogP contribution < -0.4 is 10.6 Å². The first-order valence-corrected chi connectivity index (χ1v) is 11.4. The van der Waals surface area contributed by atoms with Gasteiger partial charge in [-0.1, -0.05) is 60.7 Å². The minimum atomic E-state index is -0.173. The Morgan fingerprint density at radius 3 is 1.38 bits per heavy atom. The van der Waals surface area contributed by atoms with E-state index in [0.29, 0.717) is 0 Å². The summed E-state index contributed by atoms with van der Waals surface area (Å²) < 4.78 is 9.80. The maximum absolute atomic E-state index is 11.8. The predicted octanol–water partition coefficient (Wildman–Crippen LogP) is 3.39. The zero-order valence-corrected chi connectivity index (χ0v) is 19.0. The first kappa shape index (κ1) is 24.0. The van der Waals surface area contributed by atoms with E-state index in [0.717, 1.165) is 49.9 Å². The molecule has 2 heterocycles. The first-order valence-electron chi connectivity index (χ1n) is 11.4. The molecule has 0 unspecified atom stereocenters. The van der Waals surface area contributed by atoms with Gasteiger partial charge in [0.05, 0.1) is 26.1 Å². The van der Waals surface area contributed by atoms with E-state index in [2.05, 4.69) is 10.6 Å². The average Bonchev–Trinajstić information content (AvgIpc) is 3.56. The number of benzene rings is 2. The van der Waals surface area contributed by atoms with Crippen molar-refractivity contribution in [2.75, 3.05) is 27.3 Å². The summed E-state index contributed by atoms with van der Waals surface area (Å²) in [4.78, 5) is 23.7. The Morgan fingerprint density at radius 2 is 1.09 bits per heavy atom. The van der Waals surface area contributed by atoms with Crippen LogP contribution in [0.15, 0.2) is 60.7 Å². The number of carbonyl (C=O) groups excluding carboxylic acids is 2. The van der Waals surface area contributed by atoms with Gasteiger partial charge in [-0.05, 0) is 49.9 Å². The van der Waals surface area contributed by atoms with Crippen molar-refractivity contribution in [1.29, 1.82) is 0 Å². The summed E-state index contributed by atoms with van der Waals surface area (Å²) in [5.74, 6) is -0.640. The van der Waals surface area contributed by atoms with E-state index < -0.39 is 0 Å². The minimum Gasteiger partial charge on any atom is -0.469 e. The third-order valence-electron chi connectivity index (χ3n) is 6.23. The van der Waals surface area contributed by atoms with Crippen molar-refractivity contribution in [3.05, 3.63) is 71.8 Å². The Balaban J connectivity index is 0.000000181. The average molecular weight is 439 g/mol. The minimum absolute atomic E-state index is 0.148. The molecule has 4 atom stereocenters. The van der Waals surface area contributed by atoms with Crippen LogP contribution in [0.2, 0.25) is 0 Å². The van der Waals surface area contributed by atoms with E-state index in [1.807, 2.05) is 60.7 Å². The lowest BCUT2D eigenvalue weighted by molar-refractivity contribution is -0.144. The highest BCUT2D eigenvalue weighted by Crippen LogP contribution is 2.27. The fourth-order valence-electron chi connectivity index (χ4n) is 4.63. The molecule has 4 rings (SSSR count). The summed E-state index contributed by atoms with van der Waals surface area (Å²) >= 11 is 0. The Hall–Kier alpha value is -2.70. The zero-order chi connectivity index (χ0) is 22.8. The monoisotopic (exact) mass is 438 g/mol. The van der Waals surface area contributed by atoms with Crippen LogP contribution >= 0.6 is 0 Å². The molecule has 0 saturated carbocycles. The summed E-state index contributed by atoms with van der Waals surface area (Å²) in [5, 5.41) is 6.74. The third kappa shape index (κ3) is 6.17. The van der Waals surface area contributed by atoms with Gasteiger partial charge in [-0.3, -0.25) is 9.59 Å². The van der Waals surface area contributed by atoms with Gasteiger partial charge in [0.2, 0.25) is 0 Å². The smallest absolute Gasteiger partial charge is 0.314 e. The molecule has 2 aliphatic rings. The van der Waals surface area contributed by atoms with Crippen molar-refractivity contribution in [1.82, 2.24) is 10.6 Å². The van der Waals surface area contributed by atoms with Crippen LogP contribution in [0.25, 0.3) is 0 Å². The molecule has 0 bridgehead atoms. The Morgan fingerprint density at radius 1 is 0.719 bits per heavy atom. The van der Waals surface area contributed by atoms with Gasteiger partial charge >= 0.3 is 11.9 Å². The largest absolute Gasteiger partial charge is 0.469 e. The van der Waals surface area contributed by atoms with Gasteiger partial charge in [-0.25, -0.2) is 0 Å². The summed E-state index contributed by atoms with van der Waals surface area (Å²) in [6.45, 7) is 1.98. The molecule has 0 radical (unpaired) electrons. The van der Waals surface area contributed by atoms with Crippen LogP contribution in [0.5, 0.6) is 0 Å². The summed E-state index contributed by atoms with van der Waals surface area (Å²) in [6, 6.07) is 20.1. The molecule has 2 aromatic rings. The van der Waals surface area contributed by atoms with Gasteiger partial charge in [0, 0.05) is 12.1 Å². The van der Waals surface area contributed by atoms with Crippen molar-refractivity contribution >= 4 is 11.9 Å². The second-order valence-corrected chi connectivity index (χ2v) is 8.23. The topological polar surface area (TPSA) is 76.7 Å². The van der Waals surface area contributed by atoms with Crippen LogP contribution in [0.4, 0.5) is 0 Å². The van der Waals surface area contributed by atoms with Crippen LogP contribution in [0.1, 0.15) is 48.6 Å². The van der Waals surface area contributed by atoms with Gasteiger partial charge in [-0.2, -0.15) is 0 Å². The number of carbonyl (C=O) groups is 2. The van der Waals surface area contributed by atoms with Gasteiger partial charge in [0.1, 0.15) is 0 Å². The van der Waals surface area contributed by atoms with Crippen molar-refractivity contribution < 1.29 is 19.1 Å². The van der Waals surface area contributed by atoms with Crippen LogP contribution in [0, 0.1) is 0 Å². The number of ether oxygens (including phenoxy) is 2. The highest BCUT2D eigenvalue weighted by atomic mass is 16.5. The molecule has 2 saturated heterocycles. The molecule has 172 valence electrons. The first-order chi connectivity index (χ1) is 15.7.